The van der Waals surface area contributed by atoms with Crippen LogP contribution in [0.25, 0.3) is 22.3 Å². The molecule has 1 aromatic carbocycles. The number of aromatic nitrogens is 4. The molecular formula is C13H12FN5O. The van der Waals surface area contributed by atoms with Crippen LogP contribution in [0, 0.1) is 5.82 Å². The fourth-order valence-electron chi connectivity index (χ4n) is 2.00. The van der Waals surface area contributed by atoms with Crippen molar-refractivity contribution in [2.45, 2.75) is 0 Å². The third-order valence-electron chi connectivity index (χ3n) is 2.97. The number of fused-ring (bicyclic) bond motifs is 1. The first-order chi connectivity index (χ1) is 9.74. The van der Waals surface area contributed by atoms with Crippen molar-refractivity contribution in [1.29, 1.82) is 0 Å². The number of nitrogens with zero attached hydrogens (tertiary/aromatic N) is 3. The predicted molar refractivity (Wildman–Crippen MR) is 73.2 cm³/mol. The van der Waals surface area contributed by atoms with Gasteiger partial charge >= 0.3 is 0 Å². The van der Waals surface area contributed by atoms with Crippen molar-refractivity contribution in [2.75, 3.05) is 19.5 Å². The van der Waals surface area contributed by atoms with E-state index in [-0.39, 0.29) is 5.75 Å². The summed E-state index contributed by atoms with van der Waals surface area (Å²) in [5.41, 5.74) is 1.35. The number of halogens is 1. The largest absolute Gasteiger partial charge is 0.494 e. The molecule has 0 fully saturated rings. The minimum Gasteiger partial charge on any atom is -0.494 e. The maximum Gasteiger partial charge on any atom is 0.225 e. The molecule has 0 bridgehead atoms. The lowest BCUT2D eigenvalue weighted by molar-refractivity contribution is 0.387. The van der Waals surface area contributed by atoms with E-state index in [1.54, 1.807) is 31.4 Å². The van der Waals surface area contributed by atoms with Crippen molar-refractivity contribution in [3.63, 3.8) is 0 Å². The Morgan fingerprint density at radius 3 is 2.90 bits per heavy atom. The fourth-order valence-corrected chi connectivity index (χ4v) is 2.00. The van der Waals surface area contributed by atoms with E-state index in [0.29, 0.717) is 28.2 Å². The first-order valence-corrected chi connectivity index (χ1v) is 5.96. The molecule has 102 valence electrons. The minimum absolute atomic E-state index is 0.170. The number of H-pyrrole nitrogens is 1. The molecule has 0 radical (unpaired) electrons. The second kappa shape index (κ2) is 4.76. The van der Waals surface area contributed by atoms with E-state index in [0.717, 1.165) is 0 Å². The van der Waals surface area contributed by atoms with Crippen molar-refractivity contribution in [1.82, 2.24) is 20.2 Å². The summed E-state index contributed by atoms with van der Waals surface area (Å²) < 4.78 is 19.4. The third kappa shape index (κ3) is 1.83. The normalized spacial score (nSPS) is 10.8. The summed E-state index contributed by atoms with van der Waals surface area (Å²) in [4.78, 5) is 8.54. The summed E-state index contributed by atoms with van der Waals surface area (Å²) in [6.07, 6.45) is 1.57. The molecule has 0 unspecified atom stereocenters. The van der Waals surface area contributed by atoms with Gasteiger partial charge in [0, 0.05) is 12.6 Å². The smallest absolute Gasteiger partial charge is 0.225 e. The second-order valence-corrected chi connectivity index (χ2v) is 4.10. The number of ether oxygens (including phenoxy) is 1. The van der Waals surface area contributed by atoms with Crippen molar-refractivity contribution < 1.29 is 9.13 Å². The van der Waals surface area contributed by atoms with Gasteiger partial charge in [0.25, 0.3) is 0 Å². The topological polar surface area (TPSA) is 75.7 Å². The number of methoxy groups -OCH3 is 1. The molecule has 2 aromatic heterocycles. The van der Waals surface area contributed by atoms with Gasteiger partial charge in [0.05, 0.1) is 24.4 Å². The maximum absolute atomic E-state index is 14.4. The van der Waals surface area contributed by atoms with Crippen LogP contribution in [0.2, 0.25) is 0 Å². The van der Waals surface area contributed by atoms with E-state index in [9.17, 15) is 4.39 Å². The molecule has 0 aliphatic carbocycles. The van der Waals surface area contributed by atoms with Gasteiger partial charge in [-0.3, -0.25) is 5.10 Å². The van der Waals surface area contributed by atoms with Crippen LogP contribution >= 0.6 is 0 Å². The summed E-state index contributed by atoms with van der Waals surface area (Å²) in [6.45, 7) is 0. The Kier molecular flexibility index (Phi) is 2.94. The van der Waals surface area contributed by atoms with Crippen molar-refractivity contribution in [3.8, 4) is 17.0 Å². The van der Waals surface area contributed by atoms with Gasteiger partial charge in [-0.05, 0) is 12.1 Å². The number of hydrogen-bond acceptors (Lipinski definition) is 5. The predicted octanol–water partition coefficient (Wildman–Crippen LogP) is 2.21. The third-order valence-corrected chi connectivity index (χ3v) is 2.97. The zero-order valence-corrected chi connectivity index (χ0v) is 10.9. The Morgan fingerprint density at radius 1 is 1.30 bits per heavy atom. The van der Waals surface area contributed by atoms with Crippen LogP contribution in [0.5, 0.6) is 5.75 Å². The summed E-state index contributed by atoms with van der Waals surface area (Å²) in [5, 5.41) is 10.2. The van der Waals surface area contributed by atoms with E-state index in [2.05, 4.69) is 25.5 Å². The van der Waals surface area contributed by atoms with Crippen molar-refractivity contribution in [3.05, 3.63) is 30.2 Å². The lowest BCUT2D eigenvalue weighted by Crippen LogP contribution is -2.00. The van der Waals surface area contributed by atoms with Crippen LogP contribution in [0.3, 0.4) is 0 Å². The van der Waals surface area contributed by atoms with Gasteiger partial charge in [0.15, 0.2) is 17.2 Å². The molecule has 0 aliphatic rings. The van der Waals surface area contributed by atoms with Gasteiger partial charge in [0.1, 0.15) is 0 Å². The summed E-state index contributed by atoms with van der Waals surface area (Å²) in [5.74, 6) is 0.0981. The van der Waals surface area contributed by atoms with Gasteiger partial charge in [-0.1, -0.05) is 6.07 Å². The van der Waals surface area contributed by atoms with Crippen LogP contribution in [-0.2, 0) is 0 Å². The average Bonchev–Trinajstić information content (AvgIpc) is 2.95. The molecule has 0 amide bonds. The lowest BCUT2D eigenvalue weighted by Gasteiger charge is -2.09. The Balaban J connectivity index is 2.31. The van der Waals surface area contributed by atoms with Crippen LogP contribution in [-0.4, -0.2) is 34.3 Å². The van der Waals surface area contributed by atoms with Gasteiger partial charge in [-0.25, -0.2) is 9.37 Å². The van der Waals surface area contributed by atoms with E-state index >= 15 is 0 Å². The Bertz CT molecular complexity index is 771. The monoisotopic (exact) mass is 273 g/mol. The number of anilines is 1. The van der Waals surface area contributed by atoms with E-state index in [1.807, 2.05) is 0 Å². The molecule has 0 atom stereocenters. The minimum atomic E-state index is -0.460. The number of aromatic amines is 1. The molecule has 0 saturated carbocycles. The SMILES string of the molecule is CNc1nc(-c2cccc(OC)c2F)c2cn[nH]c2n1. The number of rotatable bonds is 3. The first-order valence-electron chi connectivity index (χ1n) is 5.96. The molecule has 6 nitrogen and oxygen atoms in total. The van der Waals surface area contributed by atoms with Crippen LogP contribution < -0.4 is 10.1 Å². The standard InChI is InChI=1S/C13H12FN5O/c1-15-13-17-11(8-6-16-19-12(8)18-13)7-4-3-5-9(20-2)10(7)14/h3-6H,1-2H3,(H2,15,16,17,18,19). The molecule has 0 spiro atoms. The van der Waals surface area contributed by atoms with Crippen LogP contribution in [0.4, 0.5) is 10.3 Å². The zero-order chi connectivity index (χ0) is 14.1. The lowest BCUT2D eigenvalue weighted by atomic mass is 10.1. The van der Waals surface area contributed by atoms with E-state index < -0.39 is 5.82 Å². The average molecular weight is 273 g/mol. The first kappa shape index (κ1) is 12.3. The molecule has 2 N–H and O–H groups in total. The Hall–Kier alpha value is -2.70. The number of nitrogens with one attached hydrogen (secondary N) is 2. The summed E-state index contributed by atoms with van der Waals surface area (Å²) in [6, 6.07) is 4.92. The highest BCUT2D eigenvalue weighted by molar-refractivity contribution is 5.91. The zero-order valence-electron chi connectivity index (χ0n) is 10.9. The van der Waals surface area contributed by atoms with Gasteiger partial charge < -0.3 is 10.1 Å². The van der Waals surface area contributed by atoms with Crippen LogP contribution in [0.15, 0.2) is 24.4 Å². The molecule has 2 heterocycles. The number of hydrogen-bond donors (Lipinski definition) is 2. The van der Waals surface area contributed by atoms with Crippen LogP contribution in [0.1, 0.15) is 0 Å². The quantitative estimate of drug-likeness (QED) is 0.765. The van der Waals surface area contributed by atoms with Crippen molar-refractivity contribution >= 4 is 17.0 Å². The summed E-state index contributed by atoms with van der Waals surface area (Å²) >= 11 is 0. The molecule has 0 saturated heterocycles. The highest BCUT2D eigenvalue weighted by atomic mass is 19.1. The Labute approximate surface area is 114 Å². The summed E-state index contributed by atoms with van der Waals surface area (Å²) in [7, 11) is 3.12. The number of benzene rings is 1. The van der Waals surface area contributed by atoms with Gasteiger partial charge in [-0.15, -0.1) is 0 Å². The van der Waals surface area contributed by atoms with E-state index in [4.69, 9.17) is 4.74 Å². The van der Waals surface area contributed by atoms with E-state index in [1.165, 1.54) is 7.11 Å². The highest BCUT2D eigenvalue weighted by Gasteiger charge is 2.16. The maximum atomic E-state index is 14.4. The van der Waals surface area contributed by atoms with Gasteiger partial charge in [0.2, 0.25) is 5.95 Å². The fraction of sp³-hybridized carbons (Fsp3) is 0.154. The molecule has 3 rings (SSSR count). The van der Waals surface area contributed by atoms with Crippen molar-refractivity contribution in [2.24, 2.45) is 0 Å². The molecule has 0 aliphatic heterocycles. The highest BCUT2D eigenvalue weighted by Crippen LogP contribution is 2.32. The Morgan fingerprint density at radius 2 is 2.15 bits per heavy atom. The second-order valence-electron chi connectivity index (χ2n) is 4.10. The molecule has 3 aromatic rings. The molecule has 20 heavy (non-hydrogen) atoms. The van der Waals surface area contributed by atoms with Gasteiger partial charge in [-0.2, -0.15) is 10.1 Å². The molecular weight excluding hydrogens is 261 g/mol. The molecule has 7 heteroatoms.